The van der Waals surface area contributed by atoms with Gasteiger partial charge in [0.1, 0.15) is 16.6 Å². The van der Waals surface area contributed by atoms with E-state index in [2.05, 4.69) is 21.4 Å². The molecule has 3 aromatic heterocycles. The molecule has 9 heteroatoms. The number of carbonyl (C=O) groups excluding carboxylic acids is 1. The Labute approximate surface area is 197 Å². The molecule has 0 saturated heterocycles. The largest absolute Gasteiger partial charge is 0.481 e. The summed E-state index contributed by atoms with van der Waals surface area (Å²) in [4.78, 5) is 28.1. The monoisotopic (exact) mass is 469 g/mol. The first-order valence-electron chi connectivity index (χ1n) is 11.1. The Bertz CT molecular complexity index is 1140. The summed E-state index contributed by atoms with van der Waals surface area (Å²) in [6.07, 6.45) is 4.65. The third-order valence-electron chi connectivity index (χ3n) is 6.10. The van der Waals surface area contributed by atoms with Crippen molar-refractivity contribution in [3.05, 3.63) is 52.5 Å². The molecule has 4 heterocycles. The SMILES string of the molecule is CCN(C[C@H]1CCc2cc(-c3nccs3)c(C)nc2N1)C(=O)[C@H](C)c1cc(OC)ncc1F. The zero-order valence-electron chi connectivity index (χ0n) is 19.3. The highest BCUT2D eigenvalue weighted by Crippen LogP contribution is 2.32. The number of carbonyl (C=O) groups is 1. The molecule has 0 unspecified atom stereocenters. The van der Waals surface area contributed by atoms with E-state index in [1.165, 1.54) is 13.2 Å². The van der Waals surface area contributed by atoms with E-state index in [0.717, 1.165) is 46.7 Å². The maximum atomic E-state index is 14.4. The number of halogens is 1. The minimum Gasteiger partial charge on any atom is -0.481 e. The van der Waals surface area contributed by atoms with E-state index in [0.29, 0.717) is 24.5 Å². The van der Waals surface area contributed by atoms with Crippen LogP contribution in [-0.2, 0) is 11.2 Å². The van der Waals surface area contributed by atoms with Crippen LogP contribution in [0.4, 0.5) is 10.2 Å². The van der Waals surface area contributed by atoms with Crippen LogP contribution in [-0.4, -0.2) is 52.0 Å². The lowest BCUT2D eigenvalue weighted by Crippen LogP contribution is -2.43. The molecule has 7 nitrogen and oxygen atoms in total. The first-order valence-corrected chi connectivity index (χ1v) is 11.9. The Morgan fingerprint density at radius 1 is 1.39 bits per heavy atom. The van der Waals surface area contributed by atoms with E-state index in [1.54, 1.807) is 29.4 Å². The van der Waals surface area contributed by atoms with Crippen molar-refractivity contribution >= 4 is 23.1 Å². The van der Waals surface area contributed by atoms with Crippen LogP contribution in [0.2, 0.25) is 0 Å². The van der Waals surface area contributed by atoms with Crippen molar-refractivity contribution in [1.29, 1.82) is 0 Å². The van der Waals surface area contributed by atoms with Crippen molar-refractivity contribution in [3.63, 3.8) is 0 Å². The Morgan fingerprint density at radius 2 is 2.21 bits per heavy atom. The van der Waals surface area contributed by atoms with Gasteiger partial charge in [0.15, 0.2) is 0 Å². The normalized spacial score (nSPS) is 16.0. The topological polar surface area (TPSA) is 80.2 Å². The number of nitrogens with one attached hydrogen (secondary N) is 1. The van der Waals surface area contributed by atoms with Crippen molar-refractivity contribution in [2.75, 3.05) is 25.5 Å². The van der Waals surface area contributed by atoms with Gasteiger partial charge < -0.3 is 15.0 Å². The highest BCUT2D eigenvalue weighted by Gasteiger charge is 2.28. The maximum absolute atomic E-state index is 14.4. The molecule has 0 fully saturated rings. The molecular weight excluding hydrogens is 441 g/mol. The molecule has 0 saturated carbocycles. The smallest absolute Gasteiger partial charge is 0.230 e. The van der Waals surface area contributed by atoms with Gasteiger partial charge in [0.05, 0.1) is 19.2 Å². The highest BCUT2D eigenvalue weighted by atomic mass is 32.1. The summed E-state index contributed by atoms with van der Waals surface area (Å²) >= 11 is 1.61. The van der Waals surface area contributed by atoms with Crippen molar-refractivity contribution in [1.82, 2.24) is 19.9 Å². The van der Waals surface area contributed by atoms with Gasteiger partial charge in [-0.25, -0.2) is 19.3 Å². The predicted molar refractivity (Wildman–Crippen MR) is 127 cm³/mol. The lowest BCUT2D eigenvalue weighted by atomic mass is 9.97. The maximum Gasteiger partial charge on any atom is 0.230 e. The van der Waals surface area contributed by atoms with E-state index in [4.69, 9.17) is 9.72 Å². The van der Waals surface area contributed by atoms with Crippen molar-refractivity contribution < 1.29 is 13.9 Å². The molecule has 2 atom stereocenters. The molecule has 33 heavy (non-hydrogen) atoms. The minimum atomic E-state index is -0.640. The second-order valence-electron chi connectivity index (χ2n) is 8.19. The van der Waals surface area contributed by atoms with Gasteiger partial charge in [-0.3, -0.25) is 4.79 Å². The molecule has 1 aliphatic rings. The number of ether oxygens (including phenoxy) is 1. The van der Waals surface area contributed by atoms with Crippen molar-refractivity contribution in [2.24, 2.45) is 0 Å². The van der Waals surface area contributed by atoms with Gasteiger partial charge in [-0.15, -0.1) is 11.3 Å². The number of amides is 1. The standard InChI is InChI=1S/C24H28FN5O2S/c1-5-30(24(31)14(2)18-11-21(32-4)27-12-20(18)25)13-17-7-6-16-10-19(23-26-8-9-33-23)15(3)28-22(16)29-17/h8-12,14,17H,5-7,13H2,1-4H3,(H,28,29)/t14-,17-/m1/s1. The second kappa shape index (κ2) is 9.82. The summed E-state index contributed by atoms with van der Waals surface area (Å²) in [5, 5.41) is 6.45. The number of nitrogens with zero attached hydrogens (tertiary/aromatic N) is 4. The summed E-state index contributed by atoms with van der Waals surface area (Å²) in [5.74, 6) is -0.115. The molecular formula is C24H28FN5O2S. The number of likely N-dealkylation sites (N-methyl/N-ethyl adjacent to an activating group) is 1. The number of anilines is 1. The summed E-state index contributed by atoms with van der Waals surface area (Å²) in [7, 11) is 1.47. The van der Waals surface area contributed by atoms with Gasteiger partial charge in [-0.2, -0.15) is 0 Å². The molecule has 0 spiro atoms. The predicted octanol–water partition coefficient (Wildman–Crippen LogP) is 4.44. The zero-order chi connectivity index (χ0) is 23.5. The van der Waals surface area contributed by atoms with Crippen LogP contribution >= 0.6 is 11.3 Å². The van der Waals surface area contributed by atoms with E-state index in [1.807, 2.05) is 19.2 Å². The van der Waals surface area contributed by atoms with Crippen LogP contribution in [0.25, 0.3) is 10.6 Å². The summed E-state index contributed by atoms with van der Waals surface area (Å²) in [5.41, 5.74) is 3.45. The summed E-state index contributed by atoms with van der Waals surface area (Å²) in [6.45, 7) is 6.71. The van der Waals surface area contributed by atoms with Crippen LogP contribution in [0.15, 0.2) is 29.9 Å². The molecule has 1 aliphatic heterocycles. The van der Waals surface area contributed by atoms with E-state index >= 15 is 0 Å². The quantitative estimate of drug-likeness (QED) is 0.551. The molecule has 0 bridgehead atoms. The first-order chi connectivity index (χ1) is 15.9. The molecule has 1 N–H and O–H groups in total. The van der Waals surface area contributed by atoms with Gasteiger partial charge in [-0.05, 0) is 45.2 Å². The molecule has 3 aromatic rings. The number of methoxy groups -OCH3 is 1. The minimum absolute atomic E-state index is 0.0723. The third kappa shape index (κ3) is 4.83. The average Bonchev–Trinajstić information content (AvgIpc) is 3.36. The number of pyridine rings is 2. The van der Waals surface area contributed by atoms with Gasteiger partial charge in [0.2, 0.25) is 11.8 Å². The Kier molecular flexibility index (Phi) is 6.88. The number of hydrogen-bond acceptors (Lipinski definition) is 7. The highest BCUT2D eigenvalue weighted by molar-refractivity contribution is 7.13. The average molecular weight is 470 g/mol. The van der Waals surface area contributed by atoms with Gasteiger partial charge in [0, 0.05) is 53.6 Å². The number of hydrogen-bond donors (Lipinski definition) is 1. The van der Waals surface area contributed by atoms with Gasteiger partial charge in [-0.1, -0.05) is 0 Å². The van der Waals surface area contributed by atoms with Crippen LogP contribution in [0, 0.1) is 12.7 Å². The van der Waals surface area contributed by atoms with Crippen molar-refractivity contribution in [3.8, 4) is 16.5 Å². The Hall–Kier alpha value is -3.07. The molecule has 4 rings (SSSR count). The molecule has 174 valence electrons. The first kappa shape index (κ1) is 23.1. The molecule has 0 aromatic carbocycles. The fraction of sp³-hybridized carbons (Fsp3) is 0.417. The Balaban J connectivity index is 1.47. The number of aromatic nitrogens is 3. The Morgan fingerprint density at radius 3 is 2.91 bits per heavy atom. The van der Waals surface area contributed by atoms with E-state index in [-0.39, 0.29) is 11.9 Å². The van der Waals surface area contributed by atoms with Crippen molar-refractivity contribution in [2.45, 2.75) is 45.6 Å². The number of fused-ring (bicyclic) bond motifs is 1. The lowest BCUT2D eigenvalue weighted by Gasteiger charge is -2.33. The van der Waals surface area contributed by atoms with Crippen LogP contribution in [0.5, 0.6) is 5.88 Å². The summed E-state index contributed by atoms with van der Waals surface area (Å²) in [6, 6.07) is 3.74. The van der Waals surface area contributed by atoms with Crippen LogP contribution in [0.1, 0.15) is 43.0 Å². The molecule has 0 aliphatic carbocycles. The van der Waals surface area contributed by atoms with E-state index in [9.17, 15) is 9.18 Å². The van der Waals surface area contributed by atoms with Gasteiger partial charge in [0.25, 0.3) is 0 Å². The molecule has 0 radical (unpaired) electrons. The number of rotatable bonds is 7. The summed E-state index contributed by atoms with van der Waals surface area (Å²) < 4.78 is 19.5. The van der Waals surface area contributed by atoms with Crippen LogP contribution < -0.4 is 10.1 Å². The second-order valence-corrected chi connectivity index (χ2v) is 9.09. The van der Waals surface area contributed by atoms with Crippen LogP contribution in [0.3, 0.4) is 0 Å². The van der Waals surface area contributed by atoms with Gasteiger partial charge >= 0.3 is 0 Å². The zero-order valence-corrected chi connectivity index (χ0v) is 20.1. The third-order valence-corrected chi connectivity index (χ3v) is 6.90. The number of aryl methyl sites for hydroxylation is 2. The molecule has 1 amide bonds. The number of thiazole rings is 1. The lowest BCUT2D eigenvalue weighted by molar-refractivity contribution is -0.132. The fourth-order valence-electron chi connectivity index (χ4n) is 4.19. The fourth-order valence-corrected chi connectivity index (χ4v) is 4.90. The van der Waals surface area contributed by atoms with E-state index < -0.39 is 11.7 Å².